The minimum Gasteiger partial charge on any atom is -0.305 e. The Bertz CT molecular complexity index is 577. The zero-order valence-electron chi connectivity index (χ0n) is 9.55. The molecule has 1 aromatic heterocycles. The highest BCUT2D eigenvalue weighted by Crippen LogP contribution is 2.20. The molecule has 0 saturated carbocycles. The molecule has 0 aliphatic heterocycles. The van der Waals surface area contributed by atoms with Gasteiger partial charge in [0.2, 0.25) is 0 Å². The van der Waals surface area contributed by atoms with E-state index in [4.69, 9.17) is 11.6 Å². The van der Waals surface area contributed by atoms with E-state index in [-0.39, 0.29) is 11.1 Å². The lowest BCUT2D eigenvalue weighted by atomic mass is 10.2. The number of thioether (sulfide) groups is 1. The van der Waals surface area contributed by atoms with Crippen molar-refractivity contribution >= 4 is 35.1 Å². The van der Waals surface area contributed by atoms with E-state index in [1.165, 1.54) is 24.2 Å². The summed E-state index contributed by atoms with van der Waals surface area (Å²) in [5.74, 6) is 0.111. The summed E-state index contributed by atoms with van der Waals surface area (Å²) in [7, 11) is 0. The van der Waals surface area contributed by atoms with Crippen LogP contribution in [0.5, 0.6) is 0 Å². The van der Waals surface area contributed by atoms with Crippen LogP contribution >= 0.6 is 23.4 Å². The normalized spacial score (nSPS) is 10.1. The number of benzene rings is 1. The summed E-state index contributed by atoms with van der Waals surface area (Å²) in [5, 5.41) is 2.91. The Hall–Kier alpha value is -1.59. The quantitative estimate of drug-likeness (QED) is 0.877. The van der Waals surface area contributed by atoms with Crippen LogP contribution in [0, 0.1) is 0 Å². The van der Waals surface area contributed by atoms with Crippen LogP contribution in [0.1, 0.15) is 10.4 Å². The molecule has 0 spiro atoms. The van der Waals surface area contributed by atoms with Crippen LogP contribution in [-0.4, -0.2) is 22.1 Å². The van der Waals surface area contributed by atoms with E-state index in [1.54, 1.807) is 6.07 Å². The Balaban J connectivity index is 2.22. The topological polar surface area (TPSA) is 54.9 Å². The number of aromatic nitrogens is 2. The third-order valence-corrected chi connectivity index (χ3v) is 3.18. The molecule has 2 aromatic rings. The maximum atomic E-state index is 12.1. The average Bonchev–Trinajstić information content (AvgIpc) is 2.38. The molecule has 0 bridgehead atoms. The van der Waals surface area contributed by atoms with Crippen molar-refractivity contribution in [2.75, 3.05) is 11.6 Å². The monoisotopic (exact) mass is 279 g/mol. The fraction of sp³-hybridized carbons (Fsp3) is 0.0833. The standard InChI is InChI=1S/C12H10ClN3OS/c1-18-9-5-3-2-4-8(9)12(17)16-11-7-14-6-10(13)15-11/h2-7H,1H3,(H,15,16,17). The van der Waals surface area contributed by atoms with Gasteiger partial charge in [-0.1, -0.05) is 23.7 Å². The fourth-order valence-electron chi connectivity index (χ4n) is 1.42. The van der Waals surface area contributed by atoms with E-state index in [0.717, 1.165) is 4.90 Å². The van der Waals surface area contributed by atoms with Gasteiger partial charge >= 0.3 is 0 Å². The molecule has 1 heterocycles. The lowest BCUT2D eigenvalue weighted by molar-refractivity contribution is 0.102. The Morgan fingerprint density at radius 3 is 2.83 bits per heavy atom. The Morgan fingerprint density at radius 1 is 1.33 bits per heavy atom. The largest absolute Gasteiger partial charge is 0.305 e. The second kappa shape index (κ2) is 5.84. The second-order valence-corrected chi connectivity index (χ2v) is 4.62. The summed E-state index contributed by atoms with van der Waals surface area (Å²) in [6.45, 7) is 0. The maximum absolute atomic E-state index is 12.1. The van der Waals surface area contributed by atoms with E-state index < -0.39 is 0 Å². The molecular formula is C12H10ClN3OS. The molecular weight excluding hydrogens is 270 g/mol. The average molecular weight is 280 g/mol. The highest BCUT2D eigenvalue weighted by atomic mass is 35.5. The minimum atomic E-state index is -0.225. The van der Waals surface area contributed by atoms with Crippen LogP contribution in [0.15, 0.2) is 41.6 Å². The molecule has 2 rings (SSSR count). The molecule has 0 aliphatic carbocycles. The molecule has 6 heteroatoms. The van der Waals surface area contributed by atoms with Gasteiger partial charge in [0, 0.05) is 4.90 Å². The number of nitrogens with zero attached hydrogens (tertiary/aromatic N) is 2. The van der Waals surface area contributed by atoms with Crippen molar-refractivity contribution in [3.05, 3.63) is 47.4 Å². The van der Waals surface area contributed by atoms with Crippen LogP contribution in [0.2, 0.25) is 5.15 Å². The van der Waals surface area contributed by atoms with Crippen LogP contribution in [-0.2, 0) is 0 Å². The van der Waals surface area contributed by atoms with Gasteiger partial charge in [-0.15, -0.1) is 11.8 Å². The van der Waals surface area contributed by atoms with Crippen molar-refractivity contribution in [3.63, 3.8) is 0 Å². The number of amides is 1. The Kier molecular flexibility index (Phi) is 4.17. The van der Waals surface area contributed by atoms with Crippen molar-refractivity contribution in [2.24, 2.45) is 0 Å². The molecule has 0 unspecified atom stereocenters. The Labute approximate surface area is 114 Å². The molecule has 18 heavy (non-hydrogen) atoms. The first-order chi connectivity index (χ1) is 8.70. The molecule has 0 fully saturated rings. The molecule has 0 atom stereocenters. The number of carbonyl (C=O) groups is 1. The summed E-state index contributed by atoms with van der Waals surface area (Å²) < 4.78 is 0. The van der Waals surface area contributed by atoms with Gasteiger partial charge in [-0.25, -0.2) is 4.98 Å². The zero-order valence-corrected chi connectivity index (χ0v) is 11.1. The predicted octanol–water partition coefficient (Wildman–Crippen LogP) is 3.10. The van der Waals surface area contributed by atoms with Gasteiger partial charge in [0.05, 0.1) is 18.0 Å². The van der Waals surface area contributed by atoms with E-state index in [0.29, 0.717) is 11.4 Å². The molecule has 1 N–H and O–H groups in total. The van der Waals surface area contributed by atoms with Gasteiger partial charge < -0.3 is 5.32 Å². The molecule has 0 saturated heterocycles. The number of nitrogens with one attached hydrogen (secondary N) is 1. The first kappa shape index (κ1) is 12.9. The first-order valence-electron chi connectivity index (χ1n) is 5.12. The summed E-state index contributed by atoms with van der Waals surface area (Å²) in [6, 6.07) is 7.36. The predicted molar refractivity (Wildman–Crippen MR) is 73.2 cm³/mol. The lowest BCUT2D eigenvalue weighted by Crippen LogP contribution is -2.14. The lowest BCUT2D eigenvalue weighted by Gasteiger charge is -2.07. The van der Waals surface area contributed by atoms with E-state index in [1.807, 2.05) is 24.5 Å². The molecule has 4 nitrogen and oxygen atoms in total. The molecule has 1 aromatic carbocycles. The number of hydrogen-bond donors (Lipinski definition) is 1. The van der Waals surface area contributed by atoms with Gasteiger partial charge in [0.1, 0.15) is 5.15 Å². The van der Waals surface area contributed by atoms with Crippen molar-refractivity contribution < 1.29 is 4.79 Å². The van der Waals surface area contributed by atoms with Crippen LogP contribution in [0.4, 0.5) is 5.82 Å². The van der Waals surface area contributed by atoms with Gasteiger partial charge in [0.25, 0.3) is 5.91 Å². The summed E-state index contributed by atoms with van der Waals surface area (Å²) >= 11 is 7.22. The van der Waals surface area contributed by atoms with Crippen LogP contribution in [0.3, 0.4) is 0 Å². The van der Waals surface area contributed by atoms with Gasteiger partial charge in [-0.3, -0.25) is 9.78 Å². The van der Waals surface area contributed by atoms with Crippen molar-refractivity contribution in [3.8, 4) is 0 Å². The minimum absolute atomic E-state index is 0.225. The number of anilines is 1. The van der Waals surface area contributed by atoms with Crippen molar-refractivity contribution in [1.29, 1.82) is 0 Å². The third-order valence-electron chi connectivity index (χ3n) is 2.20. The van der Waals surface area contributed by atoms with Crippen LogP contribution in [0.25, 0.3) is 0 Å². The van der Waals surface area contributed by atoms with Crippen molar-refractivity contribution in [2.45, 2.75) is 4.90 Å². The molecule has 0 radical (unpaired) electrons. The van der Waals surface area contributed by atoms with Gasteiger partial charge in [-0.05, 0) is 18.4 Å². The smallest absolute Gasteiger partial charge is 0.257 e. The number of rotatable bonds is 3. The van der Waals surface area contributed by atoms with E-state index >= 15 is 0 Å². The van der Waals surface area contributed by atoms with E-state index in [2.05, 4.69) is 15.3 Å². The highest BCUT2D eigenvalue weighted by Gasteiger charge is 2.11. The van der Waals surface area contributed by atoms with Gasteiger partial charge in [0.15, 0.2) is 5.82 Å². The van der Waals surface area contributed by atoms with Gasteiger partial charge in [-0.2, -0.15) is 0 Å². The molecule has 92 valence electrons. The third kappa shape index (κ3) is 3.00. The van der Waals surface area contributed by atoms with Crippen molar-refractivity contribution in [1.82, 2.24) is 9.97 Å². The maximum Gasteiger partial charge on any atom is 0.257 e. The summed E-state index contributed by atoms with van der Waals surface area (Å²) in [4.78, 5) is 20.8. The number of carbonyl (C=O) groups excluding carboxylic acids is 1. The second-order valence-electron chi connectivity index (χ2n) is 3.38. The number of hydrogen-bond acceptors (Lipinski definition) is 4. The number of halogens is 1. The zero-order chi connectivity index (χ0) is 13.0. The van der Waals surface area contributed by atoms with Crippen LogP contribution < -0.4 is 5.32 Å². The first-order valence-corrected chi connectivity index (χ1v) is 6.73. The fourth-order valence-corrected chi connectivity index (χ4v) is 2.16. The summed E-state index contributed by atoms with van der Waals surface area (Å²) in [6.07, 6.45) is 4.78. The molecule has 0 aliphatic rings. The molecule has 1 amide bonds. The Morgan fingerprint density at radius 2 is 2.11 bits per heavy atom. The SMILES string of the molecule is CSc1ccccc1C(=O)Nc1cncc(Cl)n1. The summed E-state index contributed by atoms with van der Waals surface area (Å²) in [5.41, 5.74) is 0.603. The van der Waals surface area contributed by atoms with E-state index in [9.17, 15) is 4.79 Å². The highest BCUT2D eigenvalue weighted by molar-refractivity contribution is 7.98.